The zero-order valence-corrected chi connectivity index (χ0v) is 21.1. The van der Waals surface area contributed by atoms with E-state index in [2.05, 4.69) is 18.2 Å². The zero-order valence-electron chi connectivity index (χ0n) is 21.1. The number of likely N-dealkylation sites (N-methyl/N-ethyl adjacent to an activating group) is 1. The van der Waals surface area contributed by atoms with Gasteiger partial charge in [0.1, 0.15) is 13.2 Å². The highest BCUT2D eigenvalue weighted by atomic mass is 16.6. The number of aliphatic hydroxyl groups excluding tert-OH is 1. The Morgan fingerprint density at radius 3 is 2.22 bits per heavy atom. The van der Waals surface area contributed by atoms with Crippen molar-refractivity contribution in [3.8, 4) is 11.5 Å². The number of rotatable bonds is 13. The van der Waals surface area contributed by atoms with Crippen LogP contribution in [0.2, 0.25) is 0 Å². The van der Waals surface area contributed by atoms with E-state index in [-0.39, 0.29) is 18.9 Å². The van der Waals surface area contributed by atoms with E-state index in [0.29, 0.717) is 30.3 Å². The molecule has 1 aliphatic carbocycles. The summed E-state index contributed by atoms with van der Waals surface area (Å²) in [4.78, 5) is 14.5. The van der Waals surface area contributed by atoms with Gasteiger partial charge in [0.05, 0.1) is 13.2 Å². The number of Topliss-reactive ketones (excluding diaryl/α,β-unsaturated/α-hetero) is 1. The SMILES string of the molecule is CN(CC(=O)c1ccc(OCC2=CCCC=C2)c(OCc2ccccc2)c1)C(O)OCc1ccccc1. The summed E-state index contributed by atoms with van der Waals surface area (Å²) < 4.78 is 17.7. The summed E-state index contributed by atoms with van der Waals surface area (Å²) in [6.07, 6.45) is 7.23. The largest absolute Gasteiger partial charge is 0.485 e. The number of aliphatic hydroxyl groups is 1. The number of benzene rings is 3. The van der Waals surface area contributed by atoms with Gasteiger partial charge >= 0.3 is 0 Å². The Kier molecular flexibility index (Phi) is 9.66. The first-order chi connectivity index (χ1) is 18.1. The van der Waals surface area contributed by atoms with Crippen molar-refractivity contribution < 1.29 is 24.1 Å². The van der Waals surface area contributed by atoms with Gasteiger partial charge in [0, 0.05) is 5.56 Å². The number of nitrogens with zero attached hydrogens (tertiary/aromatic N) is 1. The first-order valence-electron chi connectivity index (χ1n) is 12.4. The molecule has 37 heavy (non-hydrogen) atoms. The van der Waals surface area contributed by atoms with E-state index in [1.807, 2.05) is 60.7 Å². The predicted octanol–water partition coefficient (Wildman–Crippen LogP) is 5.53. The summed E-state index contributed by atoms with van der Waals surface area (Å²) in [6, 6.07) is 24.6. The van der Waals surface area contributed by atoms with Gasteiger partial charge in [-0.05, 0) is 54.8 Å². The van der Waals surface area contributed by atoms with E-state index in [1.54, 1.807) is 25.2 Å². The molecule has 0 radical (unpaired) electrons. The normalized spacial score (nSPS) is 13.8. The molecule has 0 spiro atoms. The first kappa shape index (κ1) is 26.4. The van der Waals surface area contributed by atoms with Gasteiger partial charge in [-0.25, -0.2) is 0 Å². The molecule has 192 valence electrons. The smallest absolute Gasteiger partial charge is 0.216 e. The van der Waals surface area contributed by atoms with Gasteiger partial charge in [-0.3, -0.25) is 9.69 Å². The lowest BCUT2D eigenvalue weighted by Crippen LogP contribution is -2.37. The Balaban J connectivity index is 1.41. The third-order valence-electron chi connectivity index (χ3n) is 5.98. The molecule has 1 N–H and O–H groups in total. The molecule has 0 heterocycles. The van der Waals surface area contributed by atoms with Gasteiger partial charge in [0.2, 0.25) is 6.41 Å². The monoisotopic (exact) mass is 499 g/mol. The number of hydrogen-bond donors (Lipinski definition) is 1. The van der Waals surface area contributed by atoms with Gasteiger partial charge in [0.15, 0.2) is 17.3 Å². The number of carbonyl (C=O) groups is 1. The van der Waals surface area contributed by atoms with Crippen LogP contribution in [0.4, 0.5) is 0 Å². The van der Waals surface area contributed by atoms with Crippen LogP contribution in [0.3, 0.4) is 0 Å². The predicted molar refractivity (Wildman–Crippen MR) is 143 cm³/mol. The summed E-state index contributed by atoms with van der Waals surface area (Å²) in [7, 11) is 1.64. The Hall–Kier alpha value is -3.71. The fourth-order valence-electron chi connectivity index (χ4n) is 3.85. The number of ketones is 1. The van der Waals surface area contributed by atoms with Crippen LogP contribution >= 0.6 is 0 Å². The van der Waals surface area contributed by atoms with Crippen LogP contribution in [0.1, 0.15) is 34.3 Å². The van der Waals surface area contributed by atoms with Crippen LogP contribution in [0, 0.1) is 0 Å². The minimum absolute atomic E-state index is 0.0219. The molecule has 6 heteroatoms. The molecule has 0 fully saturated rings. The van der Waals surface area contributed by atoms with Crippen molar-refractivity contribution in [2.45, 2.75) is 32.5 Å². The second kappa shape index (κ2) is 13.6. The quantitative estimate of drug-likeness (QED) is 0.246. The van der Waals surface area contributed by atoms with Gasteiger partial charge in [0.25, 0.3) is 0 Å². The minimum Gasteiger partial charge on any atom is -0.485 e. The Morgan fingerprint density at radius 2 is 1.54 bits per heavy atom. The molecule has 0 aliphatic heterocycles. The molecule has 3 aromatic rings. The second-order valence-corrected chi connectivity index (χ2v) is 8.94. The highest BCUT2D eigenvalue weighted by Gasteiger charge is 2.18. The molecule has 4 rings (SSSR count). The topological polar surface area (TPSA) is 68.2 Å². The molecule has 1 unspecified atom stereocenters. The molecule has 0 saturated heterocycles. The standard InChI is InChI=1S/C31H33NO5/c1-32(31(34)37-23-26-15-9-4-10-16-26)20-28(33)27-17-18-29(35-21-24-11-5-2-6-12-24)30(19-27)36-22-25-13-7-3-8-14-25/h3-5,7-19,31,34H,2,6,20-23H2,1H3. The molecule has 0 amide bonds. The van der Waals surface area contributed by atoms with E-state index < -0.39 is 6.41 Å². The lowest BCUT2D eigenvalue weighted by atomic mass is 10.1. The highest BCUT2D eigenvalue weighted by Crippen LogP contribution is 2.30. The van der Waals surface area contributed by atoms with Crippen molar-refractivity contribution in [2.24, 2.45) is 0 Å². The summed E-state index contributed by atoms with van der Waals surface area (Å²) in [5.41, 5.74) is 3.54. The fraction of sp³-hybridized carbons (Fsp3) is 0.258. The van der Waals surface area contributed by atoms with Crippen LogP contribution in [0.25, 0.3) is 0 Å². The number of carbonyl (C=O) groups excluding carboxylic acids is 1. The lowest BCUT2D eigenvalue weighted by Gasteiger charge is -2.23. The van der Waals surface area contributed by atoms with E-state index in [0.717, 1.165) is 29.5 Å². The Bertz CT molecular complexity index is 1210. The molecule has 0 bridgehead atoms. The Labute approximate surface area is 218 Å². The first-order valence-corrected chi connectivity index (χ1v) is 12.4. The third kappa shape index (κ3) is 8.15. The molecule has 3 aromatic carbocycles. The van der Waals surface area contributed by atoms with Crippen molar-refractivity contribution in [1.82, 2.24) is 4.90 Å². The maximum Gasteiger partial charge on any atom is 0.216 e. The summed E-state index contributed by atoms with van der Waals surface area (Å²) in [5, 5.41) is 10.4. The summed E-state index contributed by atoms with van der Waals surface area (Å²) >= 11 is 0. The molecule has 0 aromatic heterocycles. The fourth-order valence-corrected chi connectivity index (χ4v) is 3.85. The minimum atomic E-state index is -1.21. The third-order valence-corrected chi connectivity index (χ3v) is 5.98. The van der Waals surface area contributed by atoms with Crippen LogP contribution in [0.15, 0.2) is 103 Å². The van der Waals surface area contributed by atoms with Crippen molar-refractivity contribution in [3.05, 3.63) is 119 Å². The summed E-state index contributed by atoms with van der Waals surface area (Å²) in [5.74, 6) is 0.907. The van der Waals surface area contributed by atoms with Gasteiger partial charge in [-0.1, -0.05) is 78.9 Å². The van der Waals surface area contributed by atoms with E-state index in [1.165, 1.54) is 4.90 Å². The highest BCUT2D eigenvalue weighted by molar-refractivity contribution is 5.98. The second-order valence-electron chi connectivity index (χ2n) is 8.94. The molecule has 6 nitrogen and oxygen atoms in total. The van der Waals surface area contributed by atoms with E-state index in [4.69, 9.17) is 14.2 Å². The van der Waals surface area contributed by atoms with Crippen molar-refractivity contribution in [3.63, 3.8) is 0 Å². The maximum absolute atomic E-state index is 13.1. The van der Waals surface area contributed by atoms with Gasteiger partial charge in [-0.2, -0.15) is 0 Å². The molecular formula is C31H33NO5. The van der Waals surface area contributed by atoms with Crippen LogP contribution < -0.4 is 9.47 Å². The maximum atomic E-state index is 13.1. The van der Waals surface area contributed by atoms with Gasteiger partial charge in [-0.15, -0.1) is 0 Å². The molecule has 1 aliphatic rings. The molecule has 1 atom stereocenters. The zero-order chi connectivity index (χ0) is 25.9. The molecular weight excluding hydrogens is 466 g/mol. The average Bonchev–Trinajstić information content (AvgIpc) is 2.95. The van der Waals surface area contributed by atoms with Crippen LogP contribution in [-0.2, 0) is 18.0 Å². The summed E-state index contributed by atoms with van der Waals surface area (Å²) in [6.45, 7) is 1.00. The van der Waals surface area contributed by atoms with E-state index >= 15 is 0 Å². The van der Waals surface area contributed by atoms with Crippen molar-refractivity contribution in [1.29, 1.82) is 0 Å². The molecule has 0 saturated carbocycles. The van der Waals surface area contributed by atoms with Crippen molar-refractivity contribution >= 4 is 5.78 Å². The van der Waals surface area contributed by atoms with E-state index in [9.17, 15) is 9.90 Å². The van der Waals surface area contributed by atoms with Crippen LogP contribution in [0.5, 0.6) is 11.5 Å². The van der Waals surface area contributed by atoms with Gasteiger partial charge < -0.3 is 19.3 Å². The van der Waals surface area contributed by atoms with Crippen LogP contribution in [-0.4, -0.2) is 42.4 Å². The lowest BCUT2D eigenvalue weighted by molar-refractivity contribution is -0.188. The van der Waals surface area contributed by atoms with Crippen molar-refractivity contribution in [2.75, 3.05) is 20.2 Å². The number of hydrogen-bond acceptors (Lipinski definition) is 6. The number of ether oxygens (including phenoxy) is 3. The average molecular weight is 500 g/mol. The Morgan fingerprint density at radius 1 is 0.865 bits per heavy atom. The number of allylic oxidation sites excluding steroid dienone is 2.